The molecule has 1 aliphatic carbocycles. The van der Waals surface area contributed by atoms with Gasteiger partial charge in [-0.2, -0.15) is 0 Å². The minimum Gasteiger partial charge on any atom is -0.459 e. The molecule has 0 saturated heterocycles. The first-order valence-electron chi connectivity index (χ1n) is 5.82. The van der Waals surface area contributed by atoms with Gasteiger partial charge in [0.05, 0.1) is 6.54 Å². The van der Waals surface area contributed by atoms with Gasteiger partial charge in [-0.05, 0) is 46.0 Å². The molecule has 0 aromatic heterocycles. The van der Waals surface area contributed by atoms with Gasteiger partial charge in [-0.3, -0.25) is 4.79 Å². The molecule has 15 heavy (non-hydrogen) atoms. The maximum Gasteiger partial charge on any atom is 0.320 e. The molecule has 1 rings (SSSR count). The van der Waals surface area contributed by atoms with Gasteiger partial charge in [-0.25, -0.2) is 0 Å². The zero-order valence-electron chi connectivity index (χ0n) is 10.3. The van der Waals surface area contributed by atoms with Crippen LogP contribution < -0.4 is 5.32 Å². The Morgan fingerprint density at radius 3 is 2.53 bits per heavy atom. The molecule has 1 saturated carbocycles. The third kappa shape index (κ3) is 5.17. The molecule has 3 heteroatoms. The number of carbonyl (C=O) groups excluding carboxylic acids is 1. The molecule has 0 bridgehead atoms. The van der Waals surface area contributed by atoms with Gasteiger partial charge < -0.3 is 10.1 Å². The lowest BCUT2D eigenvalue weighted by atomic mass is 10.1. The molecule has 2 atom stereocenters. The second-order valence-electron chi connectivity index (χ2n) is 5.58. The van der Waals surface area contributed by atoms with Crippen molar-refractivity contribution >= 4 is 5.97 Å². The summed E-state index contributed by atoms with van der Waals surface area (Å²) in [6.07, 6.45) is 3.64. The second-order valence-corrected chi connectivity index (χ2v) is 5.58. The third-order valence-corrected chi connectivity index (χ3v) is 2.65. The zero-order valence-corrected chi connectivity index (χ0v) is 10.3. The van der Waals surface area contributed by atoms with Gasteiger partial charge in [0.1, 0.15) is 5.60 Å². The van der Waals surface area contributed by atoms with Crippen LogP contribution in [0.1, 0.15) is 47.0 Å². The van der Waals surface area contributed by atoms with Crippen molar-refractivity contribution in [1.82, 2.24) is 5.32 Å². The summed E-state index contributed by atoms with van der Waals surface area (Å²) in [5, 5.41) is 3.26. The molecule has 0 radical (unpaired) electrons. The smallest absolute Gasteiger partial charge is 0.320 e. The predicted octanol–water partition coefficient (Wildman–Crippen LogP) is 2.11. The summed E-state index contributed by atoms with van der Waals surface area (Å²) in [7, 11) is 0. The van der Waals surface area contributed by atoms with Crippen molar-refractivity contribution in [3.63, 3.8) is 0 Å². The fraction of sp³-hybridized carbons (Fsp3) is 0.917. The molecule has 0 aliphatic heterocycles. The van der Waals surface area contributed by atoms with E-state index in [-0.39, 0.29) is 11.6 Å². The molecule has 0 aromatic carbocycles. The van der Waals surface area contributed by atoms with Crippen LogP contribution in [0.3, 0.4) is 0 Å². The Hall–Kier alpha value is -0.570. The van der Waals surface area contributed by atoms with Gasteiger partial charge >= 0.3 is 5.97 Å². The fourth-order valence-corrected chi connectivity index (χ4v) is 2.00. The fourth-order valence-electron chi connectivity index (χ4n) is 2.00. The Labute approximate surface area is 92.6 Å². The van der Waals surface area contributed by atoms with Crippen LogP contribution in [-0.2, 0) is 9.53 Å². The number of ether oxygens (including phenoxy) is 1. The van der Waals surface area contributed by atoms with Crippen molar-refractivity contribution < 1.29 is 9.53 Å². The molecule has 88 valence electrons. The van der Waals surface area contributed by atoms with Crippen molar-refractivity contribution in [2.45, 2.75) is 58.6 Å². The van der Waals surface area contributed by atoms with E-state index in [1.54, 1.807) is 0 Å². The summed E-state index contributed by atoms with van der Waals surface area (Å²) < 4.78 is 5.22. The lowest BCUT2D eigenvalue weighted by molar-refractivity contribution is -0.153. The topological polar surface area (TPSA) is 38.3 Å². The molecule has 1 N–H and O–H groups in total. The van der Waals surface area contributed by atoms with E-state index >= 15 is 0 Å². The Kier molecular flexibility index (Phi) is 4.14. The van der Waals surface area contributed by atoms with Gasteiger partial charge in [0.25, 0.3) is 0 Å². The molecule has 1 aliphatic rings. The van der Waals surface area contributed by atoms with Crippen LogP contribution in [0.4, 0.5) is 0 Å². The molecule has 0 spiro atoms. The summed E-state index contributed by atoms with van der Waals surface area (Å²) in [5.74, 6) is 0.642. The predicted molar refractivity (Wildman–Crippen MR) is 60.7 cm³/mol. The quantitative estimate of drug-likeness (QED) is 0.730. The normalized spacial score (nSPS) is 26.7. The maximum absolute atomic E-state index is 11.4. The summed E-state index contributed by atoms with van der Waals surface area (Å²) in [5.41, 5.74) is -0.373. The van der Waals surface area contributed by atoms with Crippen LogP contribution in [0, 0.1) is 5.92 Å². The highest BCUT2D eigenvalue weighted by Crippen LogP contribution is 2.24. The average molecular weight is 213 g/mol. The monoisotopic (exact) mass is 213 g/mol. The minimum atomic E-state index is -0.373. The first-order chi connectivity index (χ1) is 6.87. The number of esters is 1. The lowest BCUT2D eigenvalue weighted by Gasteiger charge is -2.20. The van der Waals surface area contributed by atoms with E-state index < -0.39 is 0 Å². The lowest BCUT2D eigenvalue weighted by Crippen LogP contribution is -2.36. The van der Waals surface area contributed by atoms with Gasteiger partial charge in [-0.1, -0.05) is 6.92 Å². The first-order valence-corrected chi connectivity index (χ1v) is 5.82. The van der Waals surface area contributed by atoms with Crippen molar-refractivity contribution in [3.05, 3.63) is 0 Å². The molecule has 0 aromatic rings. The third-order valence-electron chi connectivity index (χ3n) is 2.65. The first kappa shape index (κ1) is 12.5. The van der Waals surface area contributed by atoms with Crippen LogP contribution in [-0.4, -0.2) is 24.2 Å². The van der Waals surface area contributed by atoms with E-state index in [1.165, 1.54) is 19.3 Å². The van der Waals surface area contributed by atoms with Crippen LogP contribution in [0.5, 0.6) is 0 Å². The number of nitrogens with one attached hydrogen (secondary N) is 1. The van der Waals surface area contributed by atoms with Crippen LogP contribution in [0.2, 0.25) is 0 Å². The van der Waals surface area contributed by atoms with E-state index in [0.29, 0.717) is 12.6 Å². The second kappa shape index (κ2) is 4.97. The maximum atomic E-state index is 11.4. The largest absolute Gasteiger partial charge is 0.459 e. The SMILES string of the molecule is CC1CCC(NCC(=O)OC(C)(C)C)C1. The van der Waals surface area contributed by atoms with E-state index in [4.69, 9.17) is 4.74 Å². The van der Waals surface area contributed by atoms with E-state index in [9.17, 15) is 4.79 Å². The van der Waals surface area contributed by atoms with Gasteiger partial charge in [0.15, 0.2) is 0 Å². The standard InChI is InChI=1S/C12H23NO2/c1-9-5-6-10(7-9)13-8-11(14)15-12(2,3)4/h9-10,13H,5-8H2,1-4H3. The van der Waals surface area contributed by atoms with Crippen LogP contribution in [0.25, 0.3) is 0 Å². The molecular weight excluding hydrogens is 190 g/mol. The van der Waals surface area contributed by atoms with Crippen LogP contribution in [0.15, 0.2) is 0 Å². The Morgan fingerprint density at radius 1 is 1.40 bits per heavy atom. The van der Waals surface area contributed by atoms with Gasteiger partial charge in [0, 0.05) is 6.04 Å². The molecule has 0 heterocycles. The highest BCUT2D eigenvalue weighted by atomic mass is 16.6. The van der Waals surface area contributed by atoms with Crippen LogP contribution >= 0.6 is 0 Å². The van der Waals surface area contributed by atoms with Crippen molar-refractivity contribution in [2.75, 3.05) is 6.54 Å². The molecule has 1 fully saturated rings. The van der Waals surface area contributed by atoms with E-state index in [1.807, 2.05) is 20.8 Å². The summed E-state index contributed by atoms with van der Waals surface area (Å²) in [6.45, 7) is 8.28. The Balaban J connectivity index is 2.17. The van der Waals surface area contributed by atoms with E-state index in [0.717, 1.165) is 5.92 Å². The molecule has 2 unspecified atom stereocenters. The zero-order chi connectivity index (χ0) is 11.5. The summed E-state index contributed by atoms with van der Waals surface area (Å²) >= 11 is 0. The van der Waals surface area contributed by atoms with Crippen molar-refractivity contribution in [2.24, 2.45) is 5.92 Å². The highest BCUT2D eigenvalue weighted by molar-refractivity contribution is 5.72. The van der Waals surface area contributed by atoms with Gasteiger partial charge in [-0.15, -0.1) is 0 Å². The molecule has 0 amide bonds. The van der Waals surface area contributed by atoms with Crippen molar-refractivity contribution in [1.29, 1.82) is 0 Å². The number of hydrogen-bond donors (Lipinski definition) is 1. The summed E-state index contributed by atoms with van der Waals surface area (Å²) in [6, 6.07) is 0.507. The van der Waals surface area contributed by atoms with E-state index in [2.05, 4.69) is 12.2 Å². The summed E-state index contributed by atoms with van der Waals surface area (Å²) in [4.78, 5) is 11.4. The highest BCUT2D eigenvalue weighted by Gasteiger charge is 2.22. The number of hydrogen-bond acceptors (Lipinski definition) is 3. The van der Waals surface area contributed by atoms with Gasteiger partial charge in [0.2, 0.25) is 0 Å². The average Bonchev–Trinajstić information content (AvgIpc) is 2.45. The number of rotatable bonds is 3. The Bertz CT molecular complexity index is 220. The number of carbonyl (C=O) groups is 1. The minimum absolute atomic E-state index is 0.151. The Morgan fingerprint density at radius 2 is 2.07 bits per heavy atom. The molecule has 3 nitrogen and oxygen atoms in total. The van der Waals surface area contributed by atoms with Crippen molar-refractivity contribution in [3.8, 4) is 0 Å². The molecular formula is C12H23NO2.